The summed E-state index contributed by atoms with van der Waals surface area (Å²) in [5, 5.41) is 3.04. The Morgan fingerprint density at radius 2 is 2.12 bits per heavy atom. The van der Waals surface area contributed by atoms with Gasteiger partial charge in [-0.2, -0.15) is 0 Å². The molecule has 0 atom stereocenters. The Labute approximate surface area is 149 Å². The summed E-state index contributed by atoms with van der Waals surface area (Å²) in [5.41, 5.74) is 1.98. The second kappa shape index (κ2) is 8.99. The number of benzene rings is 1. The molecule has 0 radical (unpaired) electrons. The minimum atomic E-state index is 0.0771. The van der Waals surface area contributed by atoms with E-state index in [4.69, 9.17) is 4.74 Å². The molecular weight excluding hydrogens is 314 g/mol. The zero-order valence-electron chi connectivity index (χ0n) is 15.2. The number of carbonyl (C=O) groups is 1. The number of imidazole rings is 1. The lowest BCUT2D eigenvalue weighted by Crippen LogP contribution is -2.17. The summed E-state index contributed by atoms with van der Waals surface area (Å²) in [6, 6.07) is 8.03. The van der Waals surface area contributed by atoms with Gasteiger partial charge in [0, 0.05) is 26.2 Å². The molecule has 0 bridgehead atoms. The highest BCUT2D eigenvalue weighted by Crippen LogP contribution is 2.28. The number of nitrogens with zero attached hydrogens (tertiary/aromatic N) is 2. The van der Waals surface area contributed by atoms with Crippen molar-refractivity contribution in [1.82, 2.24) is 9.55 Å². The number of anilines is 1. The smallest absolute Gasteiger partial charge is 0.226 e. The third kappa shape index (κ3) is 4.82. The molecule has 136 valence electrons. The fourth-order valence-corrected chi connectivity index (χ4v) is 3.69. The summed E-state index contributed by atoms with van der Waals surface area (Å²) < 4.78 is 7.54. The standard InChI is InChI=1S/C20H29N3O2/c1-2-25-15-7-14-23-18-11-6-5-10-17(18)21-20(23)22-19(24)13-12-16-8-3-4-9-16/h5-6,10-11,16H,2-4,7-9,12-15H2,1H3,(H,21,22,24). The van der Waals surface area contributed by atoms with Gasteiger partial charge in [0.05, 0.1) is 11.0 Å². The van der Waals surface area contributed by atoms with Gasteiger partial charge in [-0.1, -0.05) is 37.8 Å². The highest BCUT2D eigenvalue weighted by Gasteiger charge is 2.17. The largest absolute Gasteiger partial charge is 0.382 e. The molecule has 0 aliphatic heterocycles. The normalized spacial score (nSPS) is 15.1. The van der Waals surface area contributed by atoms with Crippen molar-refractivity contribution in [2.75, 3.05) is 18.5 Å². The lowest BCUT2D eigenvalue weighted by Gasteiger charge is -2.11. The first kappa shape index (κ1) is 17.9. The van der Waals surface area contributed by atoms with Crippen molar-refractivity contribution < 1.29 is 9.53 Å². The molecule has 1 aliphatic rings. The first-order valence-electron chi connectivity index (χ1n) is 9.60. The SMILES string of the molecule is CCOCCCn1c(NC(=O)CCC2CCCC2)nc2ccccc21. The summed E-state index contributed by atoms with van der Waals surface area (Å²) in [6.07, 6.45) is 7.69. The van der Waals surface area contributed by atoms with Crippen molar-refractivity contribution in [3.8, 4) is 0 Å². The number of hydrogen-bond acceptors (Lipinski definition) is 3. The summed E-state index contributed by atoms with van der Waals surface area (Å²) in [7, 11) is 0. The maximum atomic E-state index is 12.4. The predicted octanol–water partition coefficient (Wildman–Crippen LogP) is 4.37. The molecule has 1 fully saturated rings. The molecule has 2 aromatic rings. The van der Waals surface area contributed by atoms with Crippen molar-refractivity contribution in [3.05, 3.63) is 24.3 Å². The Morgan fingerprint density at radius 3 is 2.92 bits per heavy atom. The lowest BCUT2D eigenvalue weighted by atomic mass is 10.0. The topological polar surface area (TPSA) is 56.1 Å². The van der Waals surface area contributed by atoms with E-state index in [0.29, 0.717) is 12.4 Å². The van der Waals surface area contributed by atoms with Crippen LogP contribution in [0.25, 0.3) is 11.0 Å². The van der Waals surface area contributed by atoms with Crippen LogP contribution in [-0.2, 0) is 16.1 Å². The molecule has 3 rings (SSSR count). The lowest BCUT2D eigenvalue weighted by molar-refractivity contribution is -0.116. The van der Waals surface area contributed by atoms with Gasteiger partial charge in [0.15, 0.2) is 0 Å². The van der Waals surface area contributed by atoms with Crippen LogP contribution in [0.3, 0.4) is 0 Å². The molecule has 1 aromatic carbocycles. The van der Waals surface area contributed by atoms with E-state index < -0.39 is 0 Å². The second-order valence-corrected chi connectivity index (χ2v) is 6.86. The number of aryl methyl sites for hydroxylation is 1. The van der Waals surface area contributed by atoms with E-state index >= 15 is 0 Å². The van der Waals surface area contributed by atoms with Crippen LogP contribution in [0.1, 0.15) is 51.9 Å². The van der Waals surface area contributed by atoms with Gasteiger partial charge < -0.3 is 9.30 Å². The molecule has 1 saturated carbocycles. The summed E-state index contributed by atoms with van der Waals surface area (Å²) in [6.45, 7) is 4.24. The number of hydrogen-bond donors (Lipinski definition) is 1. The van der Waals surface area contributed by atoms with Crippen LogP contribution in [0.2, 0.25) is 0 Å². The zero-order chi connectivity index (χ0) is 17.5. The molecule has 1 aromatic heterocycles. The molecule has 0 spiro atoms. The van der Waals surface area contributed by atoms with Gasteiger partial charge in [-0.25, -0.2) is 4.98 Å². The average molecular weight is 343 g/mol. The first-order chi connectivity index (χ1) is 12.3. The van der Waals surface area contributed by atoms with Crippen LogP contribution < -0.4 is 5.32 Å². The Morgan fingerprint density at radius 1 is 1.32 bits per heavy atom. The van der Waals surface area contributed by atoms with Crippen LogP contribution in [0.4, 0.5) is 5.95 Å². The molecular formula is C20H29N3O2. The number of aromatic nitrogens is 2. The number of nitrogens with one attached hydrogen (secondary N) is 1. The Hall–Kier alpha value is -1.88. The van der Waals surface area contributed by atoms with Gasteiger partial charge in [0.25, 0.3) is 0 Å². The van der Waals surface area contributed by atoms with Crippen LogP contribution in [0.5, 0.6) is 0 Å². The zero-order valence-corrected chi connectivity index (χ0v) is 15.2. The molecule has 25 heavy (non-hydrogen) atoms. The highest BCUT2D eigenvalue weighted by atomic mass is 16.5. The van der Waals surface area contributed by atoms with Crippen molar-refractivity contribution in [2.45, 2.75) is 58.4 Å². The van der Waals surface area contributed by atoms with Crippen molar-refractivity contribution in [1.29, 1.82) is 0 Å². The van der Waals surface area contributed by atoms with Gasteiger partial charge in [-0.3, -0.25) is 10.1 Å². The maximum absolute atomic E-state index is 12.4. The summed E-state index contributed by atoms with van der Waals surface area (Å²) >= 11 is 0. The minimum Gasteiger partial charge on any atom is -0.382 e. The van der Waals surface area contributed by atoms with Crippen LogP contribution in [0.15, 0.2) is 24.3 Å². The van der Waals surface area contributed by atoms with E-state index in [9.17, 15) is 4.79 Å². The van der Waals surface area contributed by atoms with Gasteiger partial charge in [-0.15, -0.1) is 0 Å². The molecule has 1 heterocycles. The highest BCUT2D eigenvalue weighted by molar-refractivity contribution is 5.91. The van der Waals surface area contributed by atoms with E-state index in [-0.39, 0.29) is 5.91 Å². The number of rotatable bonds is 9. The Kier molecular flexibility index (Phi) is 6.45. The fourth-order valence-electron chi connectivity index (χ4n) is 3.69. The molecule has 0 unspecified atom stereocenters. The number of amides is 1. The van der Waals surface area contributed by atoms with E-state index in [0.717, 1.165) is 49.6 Å². The quantitative estimate of drug-likeness (QED) is 0.688. The van der Waals surface area contributed by atoms with Crippen LogP contribution in [-0.4, -0.2) is 28.7 Å². The van der Waals surface area contributed by atoms with Crippen LogP contribution in [0, 0.1) is 5.92 Å². The predicted molar refractivity (Wildman–Crippen MR) is 101 cm³/mol. The van der Waals surface area contributed by atoms with Gasteiger partial charge in [-0.05, 0) is 37.8 Å². The number of fused-ring (bicyclic) bond motifs is 1. The molecule has 1 N–H and O–H groups in total. The minimum absolute atomic E-state index is 0.0771. The second-order valence-electron chi connectivity index (χ2n) is 6.86. The third-order valence-electron chi connectivity index (χ3n) is 5.03. The maximum Gasteiger partial charge on any atom is 0.226 e. The molecule has 5 heteroatoms. The van der Waals surface area contributed by atoms with E-state index in [2.05, 4.69) is 20.9 Å². The van der Waals surface area contributed by atoms with Crippen LogP contribution >= 0.6 is 0 Å². The van der Waals surface area contributed by atoms with E-state index in [1.807, 2.05) is 25.1 Å². The van der Waals surface area contributed by atoms with E-state index in [1.54, 1.807) is 0 Å². The molecule has 5 nitrogen and oxygen atoms in total. The number of para-hydroxylation sites is 2. The number of carbonyl (C=O) groups excluding carboxylic acids is 1. The number of ether oxygens (including phenoxy) is 1. The third-order valence-corrected chi connectivity index (χ3v) is 5.03. The van der Waals surface area contributed by atoms with Gasteiger partial charge >= 0.3 is 0 Å². The molecule has 1 amide bonds. The monoisotopic (exact) mass is 343 g/mol. The van der Waals surface area contributed by atoms with Gasteiger partial charge in [0.1, 0.15) is 0 Å². The molecule has 1 aliphatic carbocycles. The first-order valence-corrected chi connectivity index (χ1v) is 9.60. The average Bonchev–Trinajstić information content (AvgIpc) is 3.25. The van der Waals surface area contributed by atoms with E-state index in [1.165, 1.54) is 25.7 Å². The fraction of sp³-hybridized carbons (Fsp3) is 0.600. The van der Waals surface area contributed by atoms with Crippen molar-refractivity contribution in [2.24, 2.45) is 5.92 Å². The Balaban J connectivity index is 1.65. The van der Waals surface area contributed by atoms with Gasteiger partial charge in [0.2, 0.25) is 11.9 Å². The summed E-state index contributed by atoms with van der Waals surface area (Å²) in [5.74, 6) is 1.47. The summed E-state index contributed by atoms with van der Waals surface area (Å²) in [4.78, 5) is 17.0. The molecule has 0 saturated heterocycles. The van der Waals surface area contributed by atoms with Crippen molar-refractivity contribution >= 4 is 22.9 Å². The van der Waals surface area contributed by atoms with Crippen molar-refractivity contribution in [3.63, 3.8) is 0 Å². The Bertz CT molecular complexity index is 689.